The number of carbonyl (C=O) groups is 1. The van der Waals surface area contributed by atoms with E-state index in [0.717, 1.165) is 0 Å². The van der Waals surface area contributed by atoms with Gasteiger partial charge in [-0.3, -0.25) is 13.9 Å². The first-order valence-electron chi connectivity index (χ1n) is 2.19. The van der Waals surface area contributed by atoms with Crippen LogP contribution in [-0.2, 0) is 27.3 Å². The van der Waals surface area contributed by atoms with E-state index in [1.807, 2.05) is 0 Å². The number of carbonyl (C=O) groups excluding carboxylic acids is 1. The van der Waals surface area contributed by atoms with Crippen LogP contribution < -0.4 is 0 Å². The highest BCUT2D eigenvalue weighted by Crippen LogP contribution is 1.97. The van der Waals surface area contributed by atoms with Gasteiger partial charge in [0.25, 0.3) is 28.4 Å². The Bertz CT molecular complexity index is 212. The highest BCUT2D eigenvalue weighted by molar-refractivity contribution is 7.93. The fourth-order valence-corrected chi connectivity index (χ4v) is 1.18. The molecule has 0 aromatic rings. The molecule has 8 heteroatoms. The second-order valence-corrected chi connectivity index (χ2v) is 3.15. The molecule has 0 aliphatic carbocycles. The molecular formula is C3H5NO5S2. The lowest BCUT2D eigenvalue weighted by Crippen LogP contribution is -2.32. The van der Waals surface area contributed by atoms with Crippen molar-refractivity contribution in [2.75, 3.05) is 0 Å². The average molecular weight is 199 g/mol. The molecule has 0 saturated heterocycles. The van der Waals surface area contributed by atoms with Crippen LogP contribution in [-0.4, -0.2) is 27.1 Å². The minimum atomic E-state index is -2.80. The smallest absolute Gasteiger partial charge is 0.278 e. The van der Waals surface area contributed by atoms with E-state index in [9.17, 15) is 13.2 Å². The van der Waals surface area contributed by atoms with Crippen LogP contribution in [0.4, 0.5) is 0 Å². The third-order valence-corrected chi connectivity index (χ3v) is 2.33. The molecule has 2 unspecified atom stereocenters. The van der Waals surface area contributed by atoms with Crippen LogP contribution in [0.25, 0.3) is 0 Å². The van der Waals surface area contributed by atoms with Crippen molar-refractivity contribution >= 4 is 28.4 Å². The van der Waals surface area contributed by atoms with Gasteiger partial charge in [-0.2, -0.15) is 0 Å². The summed E-state index contributed by atoms with van der Waals surface area (Å²) in [6.07, 6.45) is 0.655. The first kappa shape index (κ1) is 10.4. The van der Waals surface area contributed by atoms with E-state index >= 15 is 0 Å². The monoisotopic (exact) mass is 199 g/mol. The van der Waals surface area contributed by atoms with Crippen molar-refractivity contribution < 1.29 is 22.3 Å². The zero-order valence-electron chi connectivity index (χ0n) is 5.17. The lowest BCUT2D eigenvalue weighted by molar-refractivity contribution is -0.118. The summed E-state index contributed by atoms with van der Waals surface area (Å²) in [5.41, 5.74) is 0. The molecule has 0 fully saturated rings. The van der Waals surface area contributed by atoms with E-state index in [2.05, 4.69) is 6.58 Å². The van der Waals surface area contributed by atoms with Gasteiger partial charge in [0.15, 0.2) is 0 Å². The van der Waals surface area contributed by atoms with Gasteiger partial charge in [0, 0.05) is 0 Å². The van der Waals surface area contributed by atoms with Gasteiger partial charge in [0.05, 0.1) is 0 Å². The minimum Gasteiger partial charge on any atom is -0.288 e. The Hall–Kier alpha value is -0.570. The van der Waals surface area contributed by atoms with Crippen molar-refractivity contribution in [3.63, 3.8) is 0 Å². The van der Waals surface area contributed by atoms with Crippen molar-refractivity contribution in [2.24, 2.45) is 0 Å². The molecule has 0 aromatic carbocycles. The fraction of sp³-hybridized carbons (Fsp3) is 0. The molecule has 11 heavy (non-hydrogen) atoms. The average Bonchev–Trinajstić information content (AvgIpc) is 1.85. The molecular weight excluding hydrogens is 194 g/mol. The minimum absolute atomic E-state index is 0.146. The molecule has 0 rings (SSSR count). The van der Waals surface area contributed by atoms with Crippen molar-refractivity contribution in [1.82, 2.24) is 3.71 Å². The molecule has 0 bridgehead atoms. The second-order valence-electron chi connectivity index (χ2n) is 1.26. The van der Waals surface area contributed by atoms with Crippen LogP contribution in [0, 0.1) is 0 Å². The van der Waals surface area contributed by atoms with Crippen LogP contribution in [0.3, 0.4) is 0 Å². The topological polar surface area (TPSA) is 94.9 Å². The van der Waals surface area contributed by atoms with E-state index in [1.165, 1.54) is 0 Å². The molecule has 0 aliphatic rings. The van der Waals surface area contributed by atoms with E-state index in [4.69, 9.17) is 9.11 Å². The largest absolute Gasteiger partial charge is 0.288 e. The molecule has 0 aromatic heterocycles. The Morgan fingerprint density at radius 2 is 1.73 bits per heavy atom. The highest BCUT2D eigenvalue weighted by Gasteiger charge is 2.21. The lowest BCUT2D eigenvalue weighted by Gasteiger charge is -2.08. The molecule has 2 N–H and O–H groups in total. The predicted molar refractivity (Wildman–Crippen MR) is 38.6 cm³/mol. The van der Waals surface area contributed by atoms with Gasteiger partial charge in [-0.25, -0.2) is 8.42 Å². The third-order valence-electron chi connectivity index (χ3n) is 0.638. The van der Waals surface area contributed by atoms with Crippen LogP contribution >= 0.6 is 0 Å². The zero-order valence-corrected chi connectivity index (χ0v) is 6.80. The summed E-state index contributed by atoms with van der Waals surface area (Å²) < 4.78 is 36.7. The quantitative estimate of drug-likeness (QED) is 0.461. The number of rotatable bonds is 3. The summed E-state index contributed by atoms with van der Waals surface area (Å²) in [6, 6.07) is 0. The maximum atomic E-state index is 10.5. The standard InChI is InChI=1S/C3H5NO5S2/c1-2-3(5)4(10(6)7)11(8)9/h2H,1H2,(H,6,7)(H,8,9). The maximum Gasteiger partial charge on any atom is 0.278 e. The Morgan fingerprint density at radius 3 is 1.82 bits per heavy atom. The van der Waals surface area contributed by atoms with Gasteiger partial charge < -0.3 is 0 Å². The molecule has 6 nitrogen and oxygen atoms in total. The van der Waals surface area contributed by atoms with Crippen molar-refractivity contribution in [3.05, 3.63) is 12.7 Å². The Labute approximate surface area is 67.7 Å². The molecule has 0 saturated carbocycles. The Balaban J connectivity index is 4.60. The second kappa shape index (κ2) is 4.34. The van der Waals surface area contributed by atoms with Crippen molar-refractivity contribution in [3.8, 4) is 0 Å². The molecule has 0 aliphatic heterocycles. The molecule has 0 heterocycles. The number of hydrogen-bond acceptors (Lipinski definition) is 3. The number of hydrogen-bond donors (Lipinski definition) is 2. The van der Waals surface area contributed by atoms with E-state index < -0.39 is 28.4 Å². The van der Waals surface area contributed by atoms with E-state index in [0.29, 0.717) is 6.08 Å². The summed E-state index contributed by atoms with van der Waals surface area (Å²) in [5, 5.41) is 0. The van der Waals surface area contributed by atoms with Crippen LogP contribution in [0.15, 0.2) is 12.7 Å². The SMILES string of the molecule is C=CC(=O)N(S(=O)O)S(=O)O. The summed E-state index contributed by atoms with van der Waals surface area (Å²) in [5.74, 6) is -1.09. The summed E-state index contributed by atoms with van der Waals surface area (Å²) in [4.78, 5) is 10.5. The van der Waals surface area contributed by atoms with Gasteiger partial charge in [-0.05, 0) is 6.08 Å². The molecule has 0 radical (unpaired) electrons. The number of nitrogens with zero attached hydrogens (tertiary/aromatic N) is 1. The molecule has 2 atom stereocenters. The van der Waals surface area contributed by atoms with Gasteiger partial charge in [-0.15, -0.1) is 3.71 Å². The fourth-order valence-electron chi connectivity index (χ4n) is 0.283. The van der Waals surface area contributed by atoms with Crippen LogP contribution in [0.5, 0.6) is 0 Å². The Kier molecular flexibility index (Phi) is 4.11. The van der Waals surface area contributed by atoms with Gasteiger partial charge in [-0.1, -0.05) is 6.58 Å². The molecule has 64 valence electrons. The normalized spacial score (nSPS) is 15.1. The number of amides is 1. The van der Waals surface area contributed by atoms with E-state index in [1.54, 1.807) is 0 Å². The van der Waals surface area contributed by atoms with Crippen LogP contribution in [0.1, 0.15) is 0 Å². The summed E-state index contributed by atoms with van der Waals surface area (Å²) in [6.45, 7) is 2.96. The summed E-state index contributed by atoms with van der Waals surface area (Å²) >= 11 is -5.60. The van der Waals surface area contributed by atoms with Gasteiger partial charge in [0.1, 0.15) is 0 Å². The summed E-state index contributed by atoms with van der Waals surface area (Å²) in [7, 11) is 0. The predicted octanol–water partition coefficient (Wildman–Crippen LogP) is -0.726. The van der Waals surface area contributed by atoms with Crippen LogP contribution in [0.2, 0.25) is 0 Å². The Morgan fingerprint density at radius 1 is 1.36 bits per heavy atom. The molecule has 0 spiro atoms. The first-order valence-corrected chi connectivity index (χ1v) is 4.32. The maximum absolute atomic E-state index is 10.5. The van der Waals surface area contributed by atoms with Gasteiger partial charge in [0.2, 0.25) is 0 Å². The van der Waals surface area contributed by atoms with Crippen molar-refractivity contribution in [1.29, 1.82) is 0 Å². The lowest BCUT2D eigenvalue weighted by atomic mass is 10.6. The van der Waals surface area contributed by atoms with Crippen molar-refractivity contribution in [2.45, 2.75) is 0 Å². The molecule has 1 amide bonds. The third kappa shape index (κ3) is 2.89. The first-order chi connectivity index (χ1) is 5.00. The van der Waals surface area contributed by atoms with Gasteiger partial charge >= 0.3 is 0 Å². The highest BCUT2D eigenvalue weighted by atomic mass is 32.3. The zero-order chi connectivity index (χ0) is 9.02. The van der Waals surface area contributed by atoms with E-state index in [-0.39, 0.29) is 3.71 Å².